The third kappa shape index (κ3) is 2.92. The summed E-state index contributed by atoms with van der Waals surface area (Å²) in [4.78, 5) is 24.7. The molecule has 0 bridgehead atoms. The second-order valence-electron chi connectivity index (χ2n) is 5.64. The minimum atomic E-state index is -1.15. The smallest absolute Gasteiger partial charge is 0.312 e. The van der Waals surface area contributed by atoms with Gasteiger partial charge in [0.1, 0.15) is 6.26 Å². The fourth-order valence-corrected chi connectivity index (χ4v) is 3.61. The number of hydrogen-bond acceptors (Lipinski definition) is 3. The van der Waals surface area contributed by atoms with Crippen LogP contribution in [0.2, 0.25) is 0 Å². The number of aromatic nitrogens is 1. The number of aliphatic carboxylic acids is 1. The lowest BCUT2D eigenvalue weighted by atomic mass is 9.96. The highest BCUT2D eigenvalue weighted by Gasteiger charge is 2.29. The second kappa shape index (κ2) is 6.22. The number of carboxylic acid groups (broad SMARTS) is 1. The molecule has 1 N–H and O–H groups in total. The van der Waals surface area contributed by atoms with Crippen LogP contribution in [0.3, 0.4) is 0 Å². The lowest BCUT2D eigenvalue weighted by Crippen LogP contribution is -2.23. The fraction of sp³-hybridized carbons (Fsp3) is 0.294. The van der Waals surface area contributed by atoms with Crippen molar-refractivity contribution in [2.45, 2.75) is 30.2 Å². The number of ketones is 1. The normalized spacial score (nSPS) is 18.3. The van der Waals surface area contributed by atoms with E-state index in [9.17, 15) is 19.2 Å². The maximum Gasteiger partial charge on any atom is 0.312 e. The van der Waals surface area contributed by atoms with Crippen molar-refractivity contribution in [3.8, 4) is 0 Å². The number of nitrogens with zero attached hydrogens (tertiary/aromatic N) is 1. The number of carbonyl (C=O) groups excluding carboxylic acids is 1. The summed E-state index contributed by atoms with van der Waals surface area (Å²) in [5, 5.41) is 9.32. The summed E-state index contributed by atoms with van der Waals surface area (Å²) in [5.74, 6) is -1.58. The second-order valence-corrected chi connectivity index (χ2v) is 7.02. The molecule has 2 aromatic rings. The number of fused-ring (bicyclic) bond motifs is 1. The summed E-state index contributed by atoms with van der Waals surface area (Å²) in [7, 11) is 0. The molecule has 5 nitrogen and oxygen atoms in total. The average molecular weight is 331 g/mol. The Hall–Kier alpha value is -2.05. The third-order valence-electron chi connectivity index (χ3n) is 4.20. The van der Waals surface area contributed by atoms with Crippen LogP contribution in [0.25, 0.3) is 0 Å². The van der Waals surface area contributed by atoms with Crippen LogP contribution in [0.5, 0.6) is 0 Å². The number of carbonyl (C=O) groups is 2. The molecule has 6 heteroatoms. The largest absolute Gasteiger partial charge is 0.612 e. The Morgan fingerprint density at radius 3 is 2.78 bits per heavy atom. The Labute approximate surface area is 137 Å². The van der Waals surface area contributed by atoms with Crippen LogP contribution < -0.4 is 0 Å². The Morgan fingerprint density at radius 1 is 1.30 bits per heavy atom. The van der Waals surface area contributed by atoms with Crippen molar-refractivity contribution in [2.24, 2.45) is 0 Å². The van der Waals surface area contributed by atoms with Gasteiger partial charge in [0.25, 0.3) is 0 Å². The Morgan fingerprint density at radius 2 is 2.09 bits per heavy atom. The van der Waals surface area contributed by atoms with Gasteiger partial charge in [-0.2, -0.15) is 0 Å². The van der Waals surface area contributed by atoms with E-state index < -0.39 is 23.1 Å². The molecule has 0 spiro atoms. The van der Waals surface area contributed by atoms with Crippen LogP contribution in [-0.4, -0.2) is 32.2 Å². The minimum Gasteiger partial charge on any atom is -0.612 e. The van der Waals surface area contributed by atoms with Gasteiger partial charge in [-0.3, -0.25) is 9.59 Å². The van der Waals surface area contributed by atoms with E-state index in [1.807, 2.05) is 0 Å². The molecule has 2 heterocycles. The van der Waals surface area contributed by atoms with Gasteiger partial charge in [-0.25, -0.2) is 0 Å². The Kier molecular flexibility index (Phi) is 4.28. The summed E-state index contributed by atoms with van der Waals surface area (Å²) in [6.07, 6.45) is 2.90. The topological polar surface area (TPSA) is 82.4 Å². The van der Waals surface area contributed by atoms with E-state index in [0.29, 0.717) is 34.8 Å². The lowest BCUT2D eigenvalue weighted by molar-refractivity contribution is -0.139. The van der Waals surface area contributed by atoms with Crippen molar-refractivity contribution in [1.29, 1.82) is 0 Å². The first-order chi connectivity index (χ1) is 11.0. The van der Waals surface area contributed by atoms with Crippen LogP contribution >= 0.6 is 0 Å². The number of carboxylic acids is 1. The molecule has 0 amide bonds. The highest BCUT2D eigenvalue weighted by atomic mass is 32.2. The van der Waals surface area contributed by atoms with Gasteiger partial charge in [0.05, 0.1) is 11.6 Å². The van der Waals surface area contributed by atoms with E-state index in [2.05, 4.69) is 0 Å². The Balaban J connectivity index is 1.98. The Bertz CT molecular complexity index is 766. The van der Waals surface area contributed by atoms with Gasteiger partial charge in [0.2, 0.25) is 5.78 Å². The predicted molar refractivity (Wildman–Crippen MR) is 86.2 cm³/mol. The van der Waals surface area contributed by atoms with Crippen molar-refractivity contribution in [1.82, 2.24) is 4.57 Å². The quantitative estimate of drug-likeness (QED) is 0.689. The van der Waals surface area contributed by atoms with Crippen molar-refractivity contribution >= 4 is 22.9 Å². The van der Waals surface area contributed by atoms with Crippen molar-refractivity contribution in [2.75, 3.05) is 6.26 Å². The molecule has 1 aromatic carbocycles. The number of rotatable bonds is 4. The first kappa shape index (κ1) is 15.8. The number of hydrogen-bond donors (Lipinski definition) is 1. The maximum absolute atomic E-state index is 12.8. The first-order valence-electron chi connectivity index (χ1n) is 7.39. The molecule has 120 valence electrons. The molecular formula is C17H17NO4S. The van der Waals surface area contributed by atoms with E-state index in [-0.39, 0.29) is 5.78 Å². The molecule has 0 saturated heterocycles. The highest BCUT2D eigenvalue weighted by molar-refractivity contribution is 7.90. The minimum absolute atomic E-state index is 0.172. The van der Waals surface area contributed by atoms with E-state index in [1.54, 1.807) is 47.2 Å². The van der Waals surface area contributed by atoms with Gasteiger partial charge in [-0.05, 0) is 42.2 Å². The van der Waals surface area contributed by atoms with Crippen LogP contribution in [-0.2, 0) is 22.5 Å². The van der Waals surface area contributed by atoms with Gasteiger partial charge in [0.15, 0.2) is 4.90 Å². The summed E-state index contributed by atoms with van der Waals surface area (Å²) in [6, 6.07) is 10.2. The lowest BCUT2D eigenvalue weighted by Gasteiger charge is -2.23. The summed E-state index contributed by atoms with van der Waals surface area (Å²) < 4.78 is 13.4. The molecule has 1 aliphatic heterocycles. The molecule has 3 rings (SSSR count). The summed E-state index contributed by atoms with van der Waals surface area (Å²) in [5.41, 5.74) is 1.64. The van der Waals surface area contributed by atoms with Gasteiger partial charge in [-0.15, -0.1) is 0 Å². The van der Waals surface area contributed by atoms with E-state index in [4.69, 9.17) is 0 Å². The zero-order valence-corrected chi connectivity index (χ0v) is 13.5. The molecule has 1 aromatic heterocycles. The third-order valence-corrected chi connectivity index (χ3v) is 5.12. The van der Waals surface area contributed by atoms with E-state index in [0.717, 1.165) is 6.42 Å². The standard InChI is InChI=1S/C17H17NO4S/c1-23(22)12-5-2-4-11(10-12)16(19)15-8-7-14-13(17(20)21)6-3-9-18(14)15/h2,4-5,7-8,10,13H,3,6,9H2,1H3,(H,20,21). The van der Waals surface area contributed by atoms with E-state index in [1.165, 1.54) is 0 Å². The summed E-state index contributed by atoms with van der Waals surface area (Å²) in [6.45, 7) is 0.645. The first-order valence-corrected chi connectivity index (χ1v) is 8.95. The SMILES string of the molecule is C[S+]([O-])c1cccc(C(=O)c2ccc3n2CCCC3C(=O)O)c1. The van der Waals surface area contributed by atoms with E-state index >= 15 is 0 Å². The van der Waals surface area contributed by atoms with Gasteiger partial charge < -0.3 is 14.2 Å². The van der Waals surface area contributed by atoms with Gasteiger partial charge in [0, 0.05) is 23.9 Å². The predicted octanol–water partition coefficient (Wildman–Crippen LogP) is 2.42. The van der Waals surface area contributed by atoms with Crippen LogP contribution in [0.15, 0.2) is 41.3 Å². The molecule has 0 saturated carbocycles. The fourth-order valence-electron chi connectivity index (χ4n) is 3.05. The van der Waals surface area contributed by atoms with Crippen molar-refractivity contribution < 1.29 is 19.2 Å². The molecule has 0 radical (unpaired) electrons. The maximum atomic E-state index is 12.8. The van der Waals surface area contributed by atoms with Crippen LogP contribution in [0.4, 0.5) is 0 Å². The molecule has 2 unspecified atom stereocenters. The van der Waals surface area contributed by atoms with Crippen LogP contribution in [0.1, 0.15) is 40.5 Å². The van der Waals surface area contributed by atoms with Crippen molar-refractivity contribution in [3.63, 3.8) is 0 Å². The van der Waals surface area contributed by atoms with Crippen molar-refractivity contribution in [3.05, 3.63) is 53.3 Å². The summed E-state index contributed by atoms with van der Waals surface area (Å²) >= 11 is -1.15. The van der Waals surface area contributed by atoms with Crippen LogP contribution in [0, 0.1) is 0 Å². The van der Waals surface area contributed by atoms with Gasteiger partial charge in [-0.1, -0.05) is 12.1 Å². The average Bonchev–Trinajstić information content (AvgIpc) is 2.98. The monoisotopic (exact) mass is 331 g/mol. The van der Waals surface area contributed by atoms with Gasteiger partial charge >= 0.3 is 5.97 Å². The zero-order chi connectivity index (χ0) is 16.6. The molecule has 23 heavy (non-hydrogen) atoms. The highest BCUT2D eigenvalue weighted by Crippen LogP contribution is 2.30. The molecule has 0 aliphatic carbocycles. The molecular weight excluding hydrogens is 314 g/mol. The molecule has 0 fully saturated rings. The number of benzene rings is 1. The molecule has 2 atom stereocenters. The molecule has 1 aliphatic rings. The zero-order valence-electron chi connectivity index (χ0n) is 12.7.